The van der Waals surface area contributed by atoms with Gasteiger partial charge in [0.15, 0.2) is 0 Å². The van der Waals surface area contributed by atoms with Gasteiger partial charge in [-0.25, -0.2) is 4.98 Å². The van der Waals surface area contributed by atoms with Gasteiger partial charge in [-0.15, -0.1) is 0 Å². The predicted octanol–water partition coefficient (Wildman–Crippen LogP) is 4.20. The van der Waals surface area contributed by atoms with E-state index in [0.29, 0.717) is 0 Å². The van der Waals surface area contributed by atoms with Crippen LogP contribution in [-0.4, -0.2) is 15.3 Å². The molecule has 1 N–H and O–H groups in total. The van der Waals surface area contributed by atoms with Crippen LogP contribution in [-0.2, 0) is 11.2 Å². The molecule has 0 aliphatic carbocycles. The molecule has 3 rings (SSSR count). The molecule has 4 nitrogen and oxygen atoms in total. The molecule has 2 heterocycles. The topological polar surface area (TPSA) is 46.4 Å². The minimum atomic E-state index is -0.0547. The molecule has 0 aliphatic rings. The van der Waals surface area contributed by atoms with Crippen LogP contribution in [0, 0.1) is 20.8 Å². The summed E-state index contributed by atoms with van der Waals surface area (Å²) in [6, 6.07) is 9.86. The van der Waals surface area contributed by atoms with Crippen LogP contribution >= 0.6 is 15.9 Å². The van der Waals surface area contributed by atoms with Gasteiger partial charge in [-0.3, -0.25) is 4.79 Å². The quantitative estimate of drug-likeness (QED) is 0.749. The molecule has 23 heavy (non-hydrogen) atoms. The van der Waals surface area contributed by atoms with Gasteiger partial charge in [0.25, 0.3) is 0 Å². The van der Waals surface area contributed by atoms with Crippen molar-refractivity contribution < 1.29 is 4.79 Å². The van der Waals surface area contributed by atoms with Crippen LogP contribution in [0.5, 0.6) is 0 Å². The number of pyridine rings is 1. The first-order valence-electron chi connectivity index (χ1n) is 7.45. The van der Waals surface area contributed by atoms with Crippen molar-refractivity contribution >= 4 is 33.2 Å². The first kappa shape index (κ1) is 15.7. The SMILES string of the molecule is Cc1ccc(NC(=O)Cc2c(C)nc3c(C)cccn23)c(Br)c1. The molecule has 0 bridgehead atoms. The molecular formula is C18H18BrN3O. The van der Waals surface area contributed by atoms with E-state index in [1.54, 1.807) is 0 Å². The first-order chi connectivity index (χ1) is 11.0. The first-order valence-corrected chi connectivity index (χ1v) is 8.24. The number of anilines is 1. The fourth-order valence-corrected chi connectivity index (χ4v) is 3.24. The Labute approximate surface area is 143 Å². The van der Waals surface area contributed by atoms with Gasteiger partial charge in [0, 0.05) is 10.7 Å². The Balaban J connectivity index is 1.86. The van der Waals surface area contributed by atoms with Crippen molar-refractivity contribution in [3.05, 3.63) is 63.5 Å². The molecule has 118 valence electrons. The van der Waals surface area contributed by atoms with Gasteiger partial charge in [0.2, 0.25) is 5.91 Å². The zero-order valence-corrected chi connectivity index (χ0v) is 14.9. The molecule has 0 spiro atoms. The van der Waals surface area contributed by atoms with Crippen molar-refractivity contribution in [1.82, 2.24) is 9.38 Å². The van der Waals surface area contributed by atoms with Gasteiger partial charge in [-0.2, -0.15) is 0 Å². The highest BCUT2D eigenvalue weighted by Crippen LogP contribution is 2.24. The Hall–Kier alpha value is -2.14. The molecule has 1 amide bonds. The number of hydrogen-bond donors (Lipinski definition) is 1. The average Bonchev–Trinajstić information content (AvgIpc) is 2.80. The standard InChI is InChI=1S/C18H18BrN3O/c1-11-6-7-15(14(19)9-11)21-17(23)10-16-13(3)20-18-12(2)5-4-8-22(16)18/h4-9H,10H2,1-3H3,(H,21,23). The number of carbonyl (C=O) groups excluding carboxylic acids is 1. The summed E-state index contributed by atoms with van der Waals surface area (Å²) in [6.45, 7) is 5.98. The van der Waals surface area contributed by atoms with Crippen molar-refractivity contribution in [1.29, 1.82) is 0 Å². The molecule has 2 aromatic heterocycles. The molecule has 0 unspecified atom stereocenters. The maximum atomic E-state index is 12.4. The Morgan fingerprint density at radius 2 is 2.04 bits per heavy atom. The Bertz CT molecular complexity index is 899. The van der Waals surface area contributed by atoms with Crippen LogP contribution in [0.25, 0.3) is 5.65 Å². The summed E-state index contributed by atoms with van der Waals surface area (Å²) in [5.41, 5.74) is 5.74. The lowest BCUT2D eigenvalue weighted by atomic mass is 10.2. The van der Waals surface area contributed by atoms with Crippen molar-refractivity contribution in [3.63, 3.8) is 0 Å². The maximum Gasteiger partial charge on any atom is 0.230 e. The Morgan fingerprint density at radius 3 is 2.78 bits per heavy atom. The van der Waals surface area contributed by atoms with E-state index < -0.39 is 0 Å². The second-order valence-electron chi connectivity index (χ2n) is 5.74. The van der Waals surface area contributed by atoms with E-state index in [-0.39, 0.29) is 12.3 Å². The maximum absolute atomic E-state index is 12.4. The lowest BCUT2D eigenvalue weighted by Gasteiger charge is -2.09. The number of aromatic nitrogens is 2. The summed E-state index contributed by atoms with van der Waals surface area (Å²) in [7, 11) is 0. The van der Waals surface area contributed by atoms with Crippen molar-refractivity contribution in [2.24, 2.45) is 0 Å². The van der Waals surface area contributed by atoms with Crippen molar-refractivity contribution in [2.75, 3.05) is 5.32 Å². The summed E-state index contributed by atoms with van der Waals surface area (Å²) in [6.07, 6.45) is 2.24. The predicted molar refractivity (Wildman–Crippen MR) is 95.9 cm³/mol. The number of halogens is 1. The molecule has 0 saturated heterocycles. The Kier molecular flexibility index (Phi) is 4.22. The van der Waals surface area contributed by atoms with Crippen LogP contribution in [0.4, 0.5) is 5.69 Å². The van der Waals surface area contributed by atoms with E-state index in [9.17, 15) is 4.79 Å². The number of aryl methyl sites for hydroxylation is 3. The molecule has 0 atom stereocenters. The van der Waals surface area contributed by atoms with Gasteiger partial charge in [0.05, 0.1) is 23.5 Å². The van der Waals surface area contributed by atoms with Crippen LogP contribution in [0.3, 0.4) is 0 Å². The third-order valence-electron chi connectivity index (χ3n) is 3.87. The van der Waals surface area contributed by atoms with E-state index >= 15 is 0 Å². The zero-order chi connectivity index (χ0) is 16.6. The largest absolute Gasteiger partial charge is 0.325 e. The third kappa shape index (κ3) is 3.15. The number of nitrogens with zero attached hydrogens (tertiary/aromatic N) is 2. The number of rotatable bonds is 3. The summed E-state index contributed by atoms with van der Waals surface area (Å²) in [5, 5.41) is 2.96. The lowest BCUT2D eigenvalue weighted by Crippen LogP contribution is -2.16. The number of imidazole rings is 1. The van der Waals surface area contributed by atoms with Crippen LogP contribution in [0.15, 0.2) is 41.0 Å². The smallest absolute Gasteiger partial charge is 0.230 e. The minimum absolute atomic E-state index is 0.0547. The zero-order valence-electron chi connectivity index (χ0n) is 13.4. The molecule has 0 saturated carbocycles. The number of amides is 1. The molecule has 1 aromatic carbocycles. The number of benzene rings is 1. The van der Waals surface area contributed by atoms with Gasteiger partial charge in [-0.05, 0) is 66.0 Å². The summed E-state index contributed by atoms with van der Waals surface area (Å²) < 4.78 is 2.88. The molecule has 0 fully saturated rings. The van der Waals surface area contributed by atoms with Crippen LogP contribution < -0.4 is 5.32 Å². The van der Waals surface area contributed by atoms with Gasteiger partial charge in [0.1, 0.15) is 5.65 Å². The lowest BCUT2D eigenvalue weighted by molar-refractivity contribution is -0.115. The Morgan fingerprint density at radius 1 is 1.26 bits per heavy atom. The van der Waals surface area contributed by atoms with E-state index in [1.807, 2.05) is 61.7 Å². The second-order valence-corrected chi connectivity index (χ2v) is 6.59. The van der Waals surface area contributed by atoms with Crippen molar-refractivity contribution in [3.8, 4) is 0 Å². The highest BCUT2D eigenvalue weighted by Gasteiger charge is 2.14. The van der Waals surface area contributed by atoms with E-state index in [4.69, 9.17) is 0 Å². The van der Waals surface area contributed by atoms with E-state index in [0.717, 1.165) is 38.3 Å². The van der Waals surface area contributed by atoms with E-state index in [1.165, 1.54) is 0 Å². The highest BCUT2D eigenvalue weighted by molar-refractivity contribution is 9.10. The monoisotopic (exact) mass is 371 g/mol. The van der Waals surface area contributed by atoms with Crippen molar-refractivity contribution in [2.45, 2.75) is 27.2 Å². The van der Waals surface area contributed by atoms with Crippen LogP contribution in [0.1, 0.15) is 22.5 Å². The number of fused-ring (bicyclic) bond motifs is 1. The second kappa shape index (κ2) is 6.16. The average molecular weight is 372 g/mol. The van der Waals surface area contributed by atoms with E-state index in [2.05, 4.69) is 26.2 Å². The molecule has 5 heteroatoms. The molecular weight excluding hydrogens is 354 g/mol. The van der Waals surface area contributed by atoms with Crippen LogP contribution in [0.2, 0.25) is 0 Å². The fourth-order valence-electron chi connectivity index (χ4n) is 2.65. The summed E-state index contributed by atoms with van der Waals surface area (Å²) in [4.78, 5) is 17.0. The third-order valence-corrected chi connectivity index (χ3v) is 4.53. The molecule has 0 aliphatic heterocycles. The number of nitrogens with one attached hydrogen (secondary N) is 1. The number of carbonyl (C=O) groups is 1. The summed E-state index contributed by atoms with van der Waals surface area (Å²) >= 11 is 3.49. The normalized spacial score (nSPS) is 11.0. The van der Waals surface area contributed by atoms with Gasteiger partial charge < -0.3 is 9.72 Å². The number of hydrogen-bond acceptors (Lipinski definition) is 2. The van der Waals surface area contributed by atoms with Gasteiger partial charge in [-0.1, -0.05) is 12.1 Å². The van der Waals surface area contributed by atoms with Gasteiger partial charge >= 0.3 is 0 Å². The fraction of sp³-hybridized carbons (Fsp3) is 0.222. The summed E-state index contributed by atoms with van der Waals surface area (Å²) in [5.74, 6) is -0.0547. The minimum Gasteiger partial charge on any atom is -0.325 e. The molecule has 0 radical (unpaired) electrons. The molecule has 3 aromatic rings. The highest BCUT2D eigenvalue weighted by atomic mass is 79.9.